The average molecular weight is 386 g/mol. The van der Waals surface area contributed by atoms with Gasteiger partial charge in [-0.05, 0) is 56.3 Å². The zero-order chi connectivity index (χ0) is 20.2. The van der Waals surface area contributed by atoms with Crippen molar-refractivity contribution >= 4 is 5.91 Å². The lowest BCUT2D eigenvalue weighted by Gasteiger charge is -2.11. The number of benzene rings is 1. The molecule has 0 unspecified atom stereocenters. The van der Waals surface area contributed by atoms with Crippen molar-refractivity contribution < 1.29 is 4.79 Å². The molecule has 1 aromatic carbocycles. The molecule has 4 rings (SSSR count). The van der Waals surface area contributed by atoms with Gasteiger partial charge >= 0.3 is 0 Å². The van der Waals surface area contributed by atoms with Crippen LogP contribution in [0.25, 0.3) is 17.1 Å². The first kappa shape index (κ1) is 18.6. The number of nitrogens with one attached hydrogen (secondary N) is 2. The van der Waals surface area contributed by atoms with Crippen molar-refractivity contribution in [1.29, 1.82) is 0 Å². The minimum atomic E-state index is -0.108. The summed E-state index contributed by atoms with van der Waals surface area (Å²) >= 11 is 0. The Kier molecular flexibility index (Phi) is 5.20. The van der Waals surface area contributed by atoms with Gasteiger partial charge in [-0.1, -0.05) is 6.07 Å². The van der Waals surface area contributed by atoms with Gasteiger partial charge in [-0.2, -0.15) is 5.10 Å². The summed E-state index contributed by atoms with van der Waals surface area (Å²) in [7, 11) is 0. The van der Waals surface area contributed by atoms with Gasteiger partial charge in [-0.3, -0.25) is 14.9 Å². The molecule has 0 spiro atoms. The summed E-state index contributed by atoms with van der Waals surface area (Å²) in [6, 6.07) is 15.5. The molecule has 0 aliphatic rings. The van der Waals surface area contributed by atoms with E-state index in [1.165, 1.54) is 0 Å². The second-order valence-electron chi connectivity index (χ2n) is 6.85. The maximum atomic E-state index is 12.6. The largest absolute Gasteiger partial charge is 0.352 e. The number of aromatic amines is 1. The van der Waals surface area contributed by atoms with E-state index in [0.29, 0.717) is 24.4 Å². The molecule has 0 saturated carbocycles. The van der Waals surface area contributed by atoms with E-state index in [9.17, 15) is 4.79 Å². The Morgan fingerprint density at radius 2 is 1.83 bits per heavy atom. The number of carbonyl (C=O) groups is 1. The van der Waals surface area contributed by atoms with Gasteiger partial charge in [0.15, 0.2) is 5.82 Å². The van der Waals surface area contributed by atoms with Crippen molar-refractivity contribution in [3.8, 4) is 17.1 Å². The molecule has 29 heavy (non-hydrogen) atoms. The van der Waals surface area contributed by atoms with Gasteiger partial charge in [-0.15, -0.1) is 0 Å². The topological polar surface area (TPSA) is 88.5 Å². The van der Waals surface area contributed by atoms with Crippen molar-refractivity contribution in [2.24, 2.45) is 0 Å². The van der Waals surface area contributed by atoms with Gasteiger partial charge in [0.2, 0.25) is 0 Å². The van der Waals surface area contributed by atoms with Crippen LogP contribution in [-0.4, -0.2) is 37.2 Å². The summed E-state index contributed by atoms with van der Waals surface area (Å²) in [6.07, 6.45) is 3.98. The molecule has 0 aliphatic carbocycles. The Morgan fingerprint density at radius 1 is 1.07 bits per heavy atom. The van der Waals surface area contributed by atoms with Crippen molar-refractivity contribution in [3.63, 3.8) is 0 Å². The standard InChI is InChI=1S/C22H22N6O/c1-15-6-7-16(2)28(15)19-5-3-4-18(14-19)22(29)24-13-10-20-25-21(27-26-20)17-8-11-23-12-9-17/h3-9,11-12,14H,10,13H2,1-2H3,(H,24,29)(H,25,26,27). The smallest absolute Gasteiger partial charge is 0.251 e. The highest BCUT2D eigenvalue weighted by Crippen LogP contribution is 2.17. The molecular formula is C22H22N6O. The van der Waals surface area contributed by atoms with Crippen molar-refractivity contribution in [2.45, 2.75) is 20.3 Å². The van der Waals surface area contributed by atoms with Crippen LogP contribution in [0.15, 0.2) is 60.9 Å². The summed E-state index contributed by atoms with van der Waals surface area (Å²) in [5.74, 6) is 1.24. The zero-order valence-corrected chi connectivity index (χ0v) is 16.4. The predicted molar refractivity (Wildman–Crippen MR) is 111 cm³/mol. The van der Waals surface area contributed by atoms with Crippen LogP contribution < -0.4 is 5.32 Å². The van der Waals surface area contributed by atoms with Gasteiger partial charge in [0.05, 0.1) is 0 Å². The first-order valence-electron chi connectivity index (χ1n) is 9.47. The molecule has 0 atom stereocenters. The molecule has 1 amide bonds. The second-order valence-corrected chi connectivity index (χ2v) is 6.85. The molecule has 0 saturated heterocycles. The molecule has 0 aliphatic heterocycles. The number of aryl methyl sites for hydroxylation is 2. The molecule has 7 heteroatoms. The Morgan fingerprint density at radius 3 is 2.59 bits per heavy atom. The fraction of sp³-hybridized carbons (Fsp3) is 0.182. The minimum Gasteiger partial charge on any atom is -0.352 e. The number of pyridine rings is 1. The number of hydrogen-bond donors (Lipinski definition) is 2. The summed E-state index contributed by atoms with van der Waals surface area (Å²) in [5, 5.41) is 10.1. The molecule has 0 radical (unpaired) electrons. The van der Waals surface area contributed by atoms with E-state index in [0.717, 1.165) is 28.5 Å². The average Bonchev–Trinajstić information content (AvgIpc) is 3.35. The van der Waals surface area contributed by atoms with Crippen molar-refractivity contribution in [3.05, 3.63) is 83.7 Å². The molecule has 0 bridgehead atoms. The molecular weight excluding hydrogens is 364 g/mol. The Hall–Kier alpha value is -3.74. The predicted octanol–water partition coefficient (Wildman–Crippen LogP) is 3.25. The quantitative estimate of drug-likeness (QED) is 0.532. The van der Waals surface area contributed by atoms with Crippen LogP contribution in [0.2, 0.25) is 0 Å². The molecule has 146 valence electrons. The maximum Gasteiger partial charge on any atom is 0.251 e. The molecule has 4 aromatic rings. The number of hydrogen-bond acceptors (Lipinski definition) is 4. The Bertz CT molecular complexity index is 1110. The van der Waals surface area contributed by atoms with E-state index >= 15 is 0 Å². The highest BCUT2D eigenvalue weighted by molar-refractivity contribution is 5.94. The van der Waals surface area contributed by atoms with Gasteiger partial charge in [0, 0.05) is 53.6 Å². The first-order valence-corrected chi connectivity index (χ1v) is 9.47. The van der Waals surface area contributed by atoms with Crippen LogP contribution >= 0.6 is 0 Å². The lowest BCUT2D eigenvalue weighted by Crippen LogP contribution is -2.26. The van der Waals surface area contributed by atoms with Crippen LogP contribution in [0.1, 0.15) is 27.6 Å². The second kappa shape index (κ2) is 8.10. The van der Waals surface area contributed by atoms with E-state index in [1.807, 2.05) is 36.4 Å². The van der Waals surface area contributed by atoms with Crippen molar-refractivity contribution in [2.75, 3.05) is 6.54 Å². The lowest BCUT2D eigenvalue weighted by atomic mass is 10.1. The van der Waals surface area contributed by atoms with Gasteiger partial charge in [-0.25, -0.2) is 4.98 Å². The Balaban J connectivity index is 1.38. The monoisotopic (exact) mass is 386 g/mol. The van der Waals surface area contributed by atoms with Crippen LogP contribution in [0, 0.1) is 13.8 Å². The number of nitrogens with zero attached hydrogens (tertiary/aromatic N) is 4. The summed E-state index contributed by atoms with van der Waals surface area (Å²) in [5.41, 5.74) is 4.78. The van der Waals surface area contributed by atoms with Crippen LogP contribution in [-0.2, 0) is 6.42 Å². The summed E-state index contributed by atoms with van der Waals surface area (Å²) in [6.45, 7) is 4.57. The summed E-state index contributed by atoms with van der Waals surface area (Å²) in [4.78, 5) is 21.0. The van der Waals surface area contributed by atoms with E-state index in [4.69, 9.17) is 0 Å². The third kappa shape index (κ3) is 4.08. The minimum absolute atomic E-state index is 0.108. The number of carbonyl (C=O) groups excluding carboxylic acids is 1. The fourth-order valence-corrected chi connectivity index (χ4v) is 3.30. The first-order chi connectivity index (χ1) is 14.1. The molecule has 3 aromatic heterocycles. The van der Waals surface area contributed by atoms with Crippen LogP contribution in [0.4, 0.5) is 0 Å². The van der Waals surface area contributed by atoms with E-state index < -0.39 is 0 Å². The van der Waals surface area contributed by atoms with Gasteiger partial charge < -0.3 is 9.88 Å². The highest BCUT2D eigenvalue weighted by atomic mass is 16.1. The van der Waals surface area contributed by atoms with E-state index in [2.05, 4.69) is 56.0 Å². The number of H-pyrrole nitrogens is 1. The third-order valence-corrected chi connectivity index (χ3v) is 4.76. The molecule has 7 nitrogen and oxygen atoms in total. The number of rotatable bonds is 6. The molecule has 3 heterocycles. The lowest BCUT2D eigenvalue weighted by molar-refractivity contribution is 0.0954. The SMILES string of the molecule is Cc1ccc(C)n1-c1cccc(C(=O)NCCc2nc(-c3ccncc3)n[nH]2)c1. The maximum absolute atomic E-state index is 12.6. The van der Waals surface area contributed by atoms with Crippen LogP contribution in [0.3, 0.4) is 0 Å². The fourth-order valence-electron chi connectivity index (χ4n) is 3.30. The van der Waals surface area contributed by atoms with Gasteiger partial charge in [0.1, 0.15) is 5.82 Å². The van der Waals surface area contributed by atoms with E-state index in [-0.39, 0.29) is 5.91 Å². The molecule has 0 fully saturated rings. The normalized spacial score (nSPS) is 10.8. The number of aromatic nitrogens is 5. The zero-order valence-electron chi connectivity index (χ0n) is 16.4. The van der Waals surface area contributed by atoms with Crippen molar-refractivity contribution in [1.82, 2.24) is 30.0 Å². The van der Waals surface area contributed by atoms with E-state index in [1.54, 1.807) is 12.4 Å². The van der Waals surface area contributed by atoms with Gasteiger partial charge in [0.25, 0.3) is 5.91 Å². The Labute approximate surface area is 168 Å². The third-order valence-electron chi connectivity index (χ3n) is 4.76. The molecule has 2 N–H and O–H groups in total. The van der Waals surface area contributed by atoms with Crippen LogP contribution in [0.5, 0.6) is 0 Å². The summed E-state index contributed by atoms with van der Waals surface area (Å²) < 4.78 is 2.13. The number of amides is 1. The highest BCUT2D eigenvalue weighted by Gasteiger charge is 2.10.